The number of benzene rings is 3. The number of rotatable bonds is 9. The highest BCUT2D eigenvalue weighted by Crippen LogP contribution is 2.33. The minimum Gasteiger partial charge on any atom is -0.497 e. The fourth-order valence-corrected chi connectivity index (χ4v) is 4.94. The molecule has 0 aliphatic carbocycles. The summed E-state index contributed by atoms with van der Waals surface area (Å²) < 4.78 is 11.7. The summed E-state index contributed by atoms with van der Waals surface area (Å²) in [6.07, 6.45) is 1.59. The lowest BCUT2D eigenvalue weighted by atomic mass is 10.2. The standard InChI is InChI=1S/C26H20IN3O7S/c1-36-20-9-5-18(6-10-20)28-24(31)14-29-25(32)23(38-26(29)33)13-17-4-11-22(21(27)12-17)37-15-16-2-7-19(8-3-16)30(34)35/h2-13H,14-15H2,1H3,(H,28,31)/b23-13+. The van der Waals surface area contributed by atoms with Gasteiger partial charge in [-0.25, -0.2) is 0 Å². The highest BCUT2D eigenvalue weighted by atomic mass is 127. The molecule has 0 aromatic heterocycles. The van der Waals surface area contributed by atoms with Gasteiger partial charge in [0.25, 0.3) is 16.8 Å². The Bertz CT molecular complexity index is 1430. The number of hydrogen-bond donors (Lipinski definition) is 1. The van der Waals surface area contributed by atoms with Crippen molar-refractivity contribution in [3.63, 3.8) is 0 Å². The normalized spacial score (nSPS) is 14.1. The van der Waals surface area contributed by atoms with Crippen LogP contribution < -0.4 is 14.8 Å². The van der Waals surface area contributed by atoms with Crippen molar-refractivity contribution in [3.8, 4) is 11.5 Å². The van der Waals surface area contributed by atoms with Gasteiger partial charge < -0.3 is 14.8 Å². The first-order chi connectivity index (χ1) is 18.2. The summed E-state index contributed by atoms with van der Waals surface area (Å²) in [4.78, 5) is 49.1. The first kappa shape index (κ1) is 27.1. The van der Waals surface area contributed by atoms with Gasteiger partial charge >= 0.3 is 0 Å². The van der Waals surface area contributed by atoms with Gasteiger partial charge in [0.15, 0.2) is 0 Å². The van der Waals surface area contributed by atoms with Gasteiger partial charge in [0.05, 0.1) is 20.5 Å². The second kappa shape index (κ2) is 12.1. The molecule has 38 heavy (non-hydrogen) atoms. The Hall–Kier alpha value is -3.91. The summed E-state index contributed by atoms with van der Waals surface area (Å²) in [5.41, 5.74) is 1.99. The number of ether oxygens (including phenoxy) is 2. The summed E-state index contributed by atoms with van der Waals surface area (Å²) >= 11 is 2.87. The first-order valence-electron chi connectivity index (χ1n) is 11.1. The molecule has 0 spiro atoms. The zero-order valence-electron chi connectivity index (χ0n) is 19.9. The number of carbonyl (C=O) groups is 3. The third-order valence-corrected chi connectivity index (χ3v) is 7.09. The van der Waals surface area contributed by atoms with Crippen molar-refractivity contribution in [2.45, 2.75) is 6.61 Å². The third kappa shape index (κ3) is 6.69. The molecule has 1 aliphatic heterocycles. The van der Waals surface area contributed by atoms with Crippen molar-refractivity contribution < 1.29 is 28.8 Å². The van der Waals surface area contributed by atoms with Gasteiger partial charge in [-0.15, -0.1) is 0 Å². The number of anilines is 1. The fourth-order valence-electron chi connectivity index (χ4n) is 3.41. The molecule has 0 saturated carbocycles. The van der Waals surface area contributed by atoms with Crippen LogP contribution in [0.15, 0.2) is 71.6 Å². The lowest BCUT2D eigenvalue weighted by molar-refractivity contribution is -0.384. The van der Waals surface area contributed by atoms with Gasteiger partial charge in [-0.3, -0.25) is 29.4 Å². The molecule has 1 fully saturated rings. The molecule has 3 aromatic rings. The van der Waals surface area contributed by atoms with E-state index in [1.54, 1.807) is 60.7 Å². The second-order valence-electron chi connectivity index (χ2n) is 7.95. The van der Waals surface area contributed by atoms with Crippen molar-refractivity contribution in [3.05, 3.63) is 96.4 Å². The molecule has 0 atom stereocenters. The topological polar surface area (TPSA) is 128 Å². The SMILES string of the molecule is COc1ccc(NC(=O)CN2C(=O)S/C(=C/c3ccc(OCc4ccc([N+](=O)[O-])cc4)c(I)c3)C2=O)cc1. The molecule has 10 nitrogen and oxygen atoms in total. The molecular formula is C26H20IN3O7S. The van der Waals surface area contributed by atoms with Gasteiger partial charge in [-0.05, 0) is 100 Å². The Labute approximate surface area is 235 Å². The van der Waals surface area contributed by atoms with E-state index in [9.17, 15) is 24.5 Å². The maximum Gasteiger partial charge on any atom is 0.294 e. The number of methoxy groups -OCH3 is 1. The molecule has 4 rings (SSSR count). The van der Waals surface area contributed by atoms with Crippen LogP contribution in [0.1, 0.15) is 11.1 Å². The molecule has 1 heterocycles. The molecule has 0 bridgehead atoms. The molecule has 0 radical (unpaired) electrons. The monoisotopic (exact) mass is 645 g/mol. The van der Waals surface area contributed by atoms with E-state index in [1.807, 2.05) is 0 Å². The molecule has 194 valence electrons. The number of imide groups is 1. The number of nitrogens with one attached hydrogen (secondary N) is 1. The molecule has 12 heteroatoms. The summed E-state index contributed by atoms with van der Waals surface area (Å²) in [5.74, 6) is 0.198. The predicted octanol–water partition coefficient (Wildman–Crippen LogP) is 5.46. The van der Waals surface area contributed by atoms with Crippen molar-refractivity contribution in [1.29, 1.82) is 0 Å². The lowest BCUT2D eigenvalue weighted by Crippen LogP contribution is -2.36. The largest absolute Gasteiger partial charge is 0.497 e. The van der Waals surface area contributed by atoms with Crippen LogP contribution in [0.3, 0.4) is 0 Å². The van der Waals surface area contributed by atoms with Crippen LogP contribution in [0.2, 0.25) is 0 Å². The number of carbonyl (C=O) groups excluding carboxylic acids is 3. The maximum atomic E-state index is 12.8. The molecule has 1 N–H and O–H groups in total. The van der Waals surface area contributed by atoms with Gasteiger partial charge in [0.1, 0.15) is 24.7 Å². The van der Waals surface area contributed by atoms with Crippen LogP contribution >= 0.6 is 34.4 Å². The molecule has 3 aromatic carbocycles. The van der Waals surface area contributed by atoms with E-state index < -0.39 is 28.5 Å². The fraction of sp³-hybridized carbons (Fsp3) is 0.115. The van der Waals surface area contributed by atoms with Crippen LogP contribution in [0.25, 0.3) is 6.08 Å². The van der Waals surface area contributed by atoms with E-state index in [0.29, 0.717) is 22.7 Å². The van der Waals surface area contributed by atoms with E-state index in [-0.39, 0.29) is 17.2 Å². The Morgan fingerprint density at radius 2 is 1.82 bits per heavy atom. The number of nitro benzene ring substituents is 1. The first-order valence-corrected chi connectivity index (χ1v) is 13.0. The summed E-state index contributed by atoms with van der Waals surface area (Å²) in [6.45, 7) is -0.175. The number of hydrogen-bond acceptors (Lipinski definition) is 8. The second-order valence-corrected chi connectivity index (χ2v) is 10.1. The molecule has 0 unspecified atom stereocenters. The van der Waals surface area contributed by atoms with Crippen LogP contribution in [-0.2, 0) is 16.2 Å². The van der Waals surface area contributed by atoms with Crippen LogP contribution in [0.4, 0.5) is 16.2 Å². The highest BCUT2D eigenvalue weighted by Gasteiger charge is 2.36. The maximum absolute atomic E-state index is 12.8. The molecule has 1 saturated heterocycles. The predicted molar refractivity (Wildman–Crippen MR) is 151 cm³/mol. The van der Waals surface area contributed by atoms with E-state index in [4.69, 9.17) is 9.47 Å². The molecular weight excluding hydrogens is 625 g/mol. The average Bonchev–Trinajstić information content (AvgIpc) is 3.16. The van der Waals surface area contributed by atoms with Crippen molar-refractivity contribution in [2.75, 3.05) is 19.0 Å². The van der Waals surface area contributed by atoms with E-state index in [1.165, 1.54) is 19.2 Å². The summed E-state index contributed by atoms with van der Waals surface area (Å²) in [5, 5.41) is 12.9. The quantitative estimate of drug-likeness (QED) is 0.141. The molecule has 1 aliphatic rings. The van der Waals surface area contributed by atoms with Crippen molar-refractivity contribution >= 4 is 68.9 Å². The average molecular weight is 645 g/mol. The Kier molecular flexibility index (Phi) is 8.63. The minimum absolute atomic E-state index is 0.00923. The third-order valence-electron chi connectivity index (χ3n) is 5.34. The zero-order valence-corrected chi connectivity index (χ0v) is 22.9. The van der Waals surface area contributed by atoms with E-state index in [2.05, 4.69) is 27.9 Å². The van der Waals surface area contributed by atoms with E-state index >= 15 is 0 Å². The van der Waals surface area contributed by atoms with Gasteiger partial charge in [0.2, 0.25) is 5.91 Å². The van der Waals surface area contributed by atoms with Gasteiger partial charge in [-0.2, -0.15) is 0 Å². The smallest absolute Gasteiger partial charge is 0.294 e. The van der Waals surface area contributed by atoms with Crippen LogP contribution in [-0.4, -0.2) is 40.5 Å². The number of non-ortho nitro benzene ring substituents is 1. The number of thioether (sulfide) groups is 1. The zero-order chi connectivity index (χ0) is 27.2. The number of nitrogens with zero attached hydrogens (tertiary/aromatic N) is 2. The van der Waals surface area contributed by atoms with Crippen molar-refractivity contribution in [2.24, 2.45) is 0 Å². The van der Waals surface area contributed by atoms with Gasteiger partial charge in [0, 0.05) is 17.8 Å². The van der Waals surface area contributed by atoms with Crippen LogP contribution in [0, 0.1) is 13.7 Å². The van der Waals surface area contributed by atoms with Crippen LogP contribution in [0.5, 0.6) is 11.5 Å². The number of amides is 3. The highest BCUT2D eigenvalue weighted by molar-refractivity contribution is 14.1. The van der Waals surface area contributed by atoms with Crippen molar-refractivity contribution in [1.82, 2.24) is 4.90 Å². The Morgan fingerprint density at radius 1 is 1.11 bits per heavy atom. The minimum atomic E-state index is -0.543. The Morgan fingerprint density at radius 3 is 2.45 bits per heavy atom. The summed E-state index contributed by atoms with van der Waals surface area (Å²) in [6, 6.07) is 18.1. The molecule has 3 amide bonds. The number of nitro groups is 1. The lowest BCUT2D eigenvalue weighted by Gasteiger charge is -2.12. The van der Waals surface area contributed by atoms with E-state index in [0.717, 1.165) is 25.8 Å². The summed E-state index contributed by atoms with van der Waals surface area (Å²) in [7, 11) is 1.54. The van der Waals surface area contributed by atoms with Gasteiger partial charge in [-0.1, -0.05) is 6.07 Å². The Balaban J connectivity index is 1.37. The number of halogens is 1.